The molecule has 1 aliphatic carbocycles. The topological polar surface area (TPSA) is 61.4 Å². The standard InChI is InChI=1S/C23H31N3O2/c1-16(2)26(3)23(28)18-10-8-17(9-11-18)22(27)24-13-12-21-14-19-6-4-5-7-20(19)15-25-21/h4-11,16,19-21,25H,12-15H2,1-3H3,(H,24,27)/t19?,20?,21-/m1/s1. The lowest BCUT2D eigenvalue weighted by molar-refractivity contribution is 0.0754. The summed E-state index contributed by atoms with van der Waals surface area (Å²) in [5, 5.41) is 6.59. The van der Waals surface area contributed by atoms with E-state index in [1.165, 1.54) is 0 Å². The summed E-state index contributed by atoms with van der Waals surface area (Å²) >= 11 is 0. The first-order valence-electron chi connectivity index (χ1n) is 10.2. The normalized spacial score (nSPS) is 23.4. The van der Waals surface area contributed by atoms with Crippen molar-refractivity contribution in [3.05, 3.63) is 59.7 Å². The highest BCUT2D eigenvalue weighted by atomic mass is 16.2. The van der Waals surface area contributed by atoms with Crippen molar-refractivity contribution in [2.24, 2.45) is 11.8 Å². The number of benzene rings is 1. The summed E-state index contributed by atoms with van der Waals surface area (Å²) in [6.07, 6.45) is 10.9. The van der Waals surface area contributed by atoms with Crippen LogP contribution in [0.1, 0.15) is 47.4 Å². The Labute approximate surface area is 167 Å². The highest BCUT2D eigenvalue weighted by molar-refractivity contribution is 5.97. The van der Waals surface area contributed by atoms with Gasteiger partial charge in [-0.05, 0) is 62.8 Å². The molecular formula is C23H31N3O2. The fraction of sp³-hybridized carbons (Fsp3) is 0.478. The van der Waals surface area contributed by atoms with Gasteiger partial charge in [-0.2, -0.15) is 0 Å². The maximum atomic E-state index is 12.4. The molecule has 1 fully saturated rings. The number of piperidine rings is 1. The second-order valence-corrected chi connectivity index (χ2v) is 8.07. The summed E-state index contributed by atoms with van der Waals surface area (Å²) in [7, 11) is 1.79. The van der Waals surface area contributed by atoms with Gasteiger partial charge in [0.2, 0.25) is 0 Å². The number of rotatable bonds is 6. The second kappa shape index (κ2) is 9.20. The van der Waals surface area contributed by atoms with E-state index in [4.69, 9.17) is 0 Å². The van der Waals surface area contributed by atoms with Crippen LogP contribution >= 0.6 is 0 Å². The van der Waals surface area contributed by atoms with Crippen LogP contribution in [0, 0.1) is 11.8 Å². The largest absolute Gasteiger partial charge is 0.352 e. The molecule has 3 rings (SSSR count). The molecule has 2 N–H and O–H groups in total. The molecule has 0 aromatic heterocycles. The van der Waals surface area contributed by atoms with Crippen molar-refractivity contribution in [3.63, 3.8) is 0 Å². The zero-order chi connectivity index (χ0) is 20.1. The van der Waals surface area contributed by atoms with Gasteiger partial charge in [0.15, 0.2) is 0 Å². The Morgan fingerprint density at radius 2 is 1.75 bits per heavy atom. The smallest absolute Gasteiger partial charge is 0.253 e. The Balaban J connectivity index is 1.45. The maximum Gasteiger partial charge on any atom is 0.253 e. The molecule has 0 bridgehead atoms. The molecular weight excluding hydrogens is 350 g/mol. The Morgan fingerprint density at radius 1 is 1.11 bits per heavy atom. The fourth-order valence-electron chi connectivity index (χ4n) is 3.77. The van der Waals surface area contributed by atoms with Gasteiger partial charge < -0.3 is 15.5 Å². The first-order valence-corrected chi connectivity index (χ1v) is 10.2. The molecule has 1 saturated heterocycles. The molecule has 150 valence electrons. The summed E-state index contributed by atoms with van der Waals surface area (Å²) in [6, 6.07) is 7.46. The fourth-order valence-corrected chi connectivity index (χ4v) is 3.77. The number of carbonyl (C=O) groups is 2. The maximum absolute atomic E-state index is 12.4. The van der Waals surface area contributed by atoms with E-state index in [0.29, 0.717) is 35.5 Å². The molecule has 5 nitrogen and oxygen atoms in total. The van der Waals surface area contributed by atoms with Gasteiger partial charge in [-0.15, -0.1) is 0 Å². The van der Waals surface area contributed by atoms with Crippen LogP contribution in [0.15, 0.2) is 48.6 Å². The Morgan fingerprint density at radius 3 is 2.43 bits per heavy atom. The molecule has 0 saturated carbocycles. The first-order chi connectivity index (χ1) is 13.5. The summed E-state index contributed by atoms with van der Waals surface area (Å²) in [5.74, 6) is 1.09. The third-order valence-electron chi connectivity index (χ3n) is 5.84. The van der Waals surface area contributed by atoms with E-state index >= 15 is 0 Å². The van der Waals surface area contributed by atoms with Crippen molar-refractivity contribution in [2.75, 3.05) is 20.1 Å². The first kappa shape index (κ1) is 20.3. The molecule has 1 aliphatic heterocycles. The third-order valence-corrected chi connectivity index (χ3v) is 5.84. The van der Waals surface area contributed by atoms with Crippen molar-refractivity contribution >= 4 is 11.8 Å². The average molecular weight is 382 g/mol. The van der Waals surface area contributed by atoms with E-state index in [0.717, 1.165) is 19.4 Å². The zero-order valence-electron chi connectivity index (χ0n) is 17.0. The highest BCUT2D eigenvalue weighted by Crippen LogP contribution is 2.28. The average Bonchev–Trinajstić information content (AvgIpc) is 2.72. The number of carbonyl (C=O) groups excluding carboxylic acids is 2. The molecule has 2 aliphatic rings. The Bertz CT molecular complexity index is 752. The zero-order valence-corrected chi connectivity index (χ0v) is 17.0. The molecule has 3 atom stereocenters. The summed E-state index contributed by atoms with van der Waals surface area (Å²) in [4.78, 5) is 26.4. The van der Waals surface area contributed by atoms with Crippen molar-refractivity contribution in [2.45, 2.75) is 38.8 Å². The summed E-state index contributed by atoms with van der Waals surface area (Å²) in [6.45, 7) is 5.60. The van der Waals surface area contributed by atoms with Crippen molar-refractivity contribution in [3.8, 4) is 0 Å². The van der Waals surface area contributed by atoms with Crippen LogP contribution in [0.4, 0.5) is 0 Å². The van der Waals surface area contributed by atoms with Crippen LogP contribution < -0.4 is 10.6 Å². The van der Waals surface area contributed by atoms with E-state index in [9.17, 15) is 9.59 Å². The molecule has 5 heteroatoms. The Hall–Kier alpha value is -2.40. The molecule has 2 amide bonds. The molecule has 0 radical (unpaired) electrons. The molecule has 2 unspecified atom stereocenters. The summed E-state index contributed by atoms with van der Waals surface area (Å²) in [5.41, 5.74) is 1.18. The lowest BCUT2D eigenvalue weighted by atomic mass is 9.80. The van der Waals surface area contributed by atoms with Crippen molar-refractivity contribution < 1.29 is 9.59 Å². The molecule has 1 heterocycles. The van der Waals surface area contributed by atoms with Crippen LogP contribution in [0.25, 0.3) is 0 Å². The van der Waals surface area contributed by atoms with Gasteiger partial charge in [0.1, 0.15) is 0 Å². The van der Waals surface area contributed by atoms with Gasteiger partial charge in [0.05, 0.1) is 0 Å². The van der Waals surface area contributed by atoms with Gasteiger partial charge in [-0.1, -0.05) is 24.3 Å². The molecule has 28 heavy (non-hydrogen) atoms. The monoisotopic (exact) mass is 381 g/mol. The quantitative estimate of drug-likeness (QED) is 0.796. The predicted octanol–water partition coefficient (Wildman–Crippen LogP) is 3.01. The van der Waals surface area contributed by atoms with Crippen LogP contribution in [0.2, 0.25) is 0 Å². The van der Waals surface area contributed by atoms with Gasteiger partial charge >= 0.3 is 0 Å². The number of nitrogens with one attached hydrogen (secondary N) is 2. The molecule has 1 aromatic carbocycles. The van der Waals surface area contributed by atoms with E-state index < -0.39 is 0 Å². The van der Waals surface area contributed by atoms with Crippen LogP contribution in [-0.2, 0) is 0 Å². The SMILES string of the molecule is CC(C)N(C)C(=O)c1ccc(C(=O)NCC[C@@H]2CC3C=CC=CC3CN2)cc1. The van der Waals surface area contributed by atoms with E-state index in [2.05, 4.69) is 34.9 Å². The number of hydrogen-bond acceptors (Lipinski definition) is 3. The summed E-state index contributed by atoms with van der Waals surface area (Å²) < 4.78 is 0. The predicted molar refractivity (Wildman–Crippen MR) is 112 cm³/mol. The van der Waals surface area contributed by atoms with E-state index in [-0.39, 0.29) is 17.9 Å². The minimum absolute atomic E-state index is 0.0322. The minimum Gasteiger partial charge on any atom is -0.352 e. The van der Waals surface area contributed by atoms with Crippen LogP contribution in [0.5, 0.6) is 0 Å². The number of nitrogens with zero attached hydrogens (tertiary/aromatic N) is 1. The van der Waals surface area contributed by atoms with Crippen LogP contribution in [0.3, 0.4) is 0 Å². The molecule has 0 spiro atoms. The van der Waals surface area contributed by atoms with Crippen molar-refractivity contribution in [1.29, 1.82) is 0 Å². The van der Waals surface area contributed by atoms with Gasteiger partial charge in [0.25, 0.3) is 11.8 Å². The number of amides is 2. The van der Waals surface area contributed by atoms with Gasteiger partial charge in [-0.25, -0.2) is 0 Å². The number of hydrogen-bond donors (Lipinski definition) is 2. The highest BCUT2D eigenvalue weighted by Gasteiger charge is 2.27. The minimum atomic E-state index is -0.0922. The van der Waals surface area contributed by atoms with Crippen molar-refractivity contribution in [1.82, 2.24) is 15.5 Å². The van der Waals surface area contributed by atoms with Crippen LogP contribution in [-0.4, -0.2) is 48.9 Å². The number of fused-ring (bicyclic) bond motifs is 1. The lowest BCUT2D eigenvalue weighted by Gasteiger charge is -2.35. The van der Waals surface area contributed by atoms with E-state index in [1.807, 2.05) is 13.8 Å². The van der Waals surface area contributed by atoms with E-state index in [1.54, 1.807) is 36.2 Å². The third kappa shape index (κ3) is 4.90. The lowest BCUT2D eigenvalue weighted by Crippen LogP contribution is -2.44. The van der Waals surface area contributed by atoms with Gasteiger partial charge in [0, 0.05) is 43.3 Å². The second-order valence-electron chi connectivity index (χ2n) is 8.07. The van der Waals surface area contributed by atoms with Gasteiger partial charge in [-0.3, -0.25) is 9.59 Å². The number of allylic oxidation sites excluding steroid dienone is 3. The molecule has 1 aromatic rings. The Kier molecular flexibility index (Phi) is 6.68.